The van der Waals surface area contributed by atoms with Crippen LogP contribution in [-0.4, -0.2) is 11.6 Å². The van der Waals surface area contributed by atoms with Crippen LogP contribution in [0.1, 0.15) is 17.3 Å². The minimum Gasteiger partial charge on any atom is -0.444 e. The first-order valence-corrected chi connectivity index (χ1v) is 5.77. The minimum absolute atomic E-state index is 0.0949. The fourth-order valence-electron chi connectivity index (χ4n) is 1.60. The molecule has 0 bridgehead atoms. The molecule has 0 unspecified atom stereocenters. The molecule has 19 heavy (non-hydrogen) atoms. The molecule has 0 aliphatic heterocycles. The molecule has 1 heterocycles. The van der Waals surface area contributed by atoms with Gasteiger partial charge in [0.15, 0.2) is 0 Å². The van der Waals surface area contributed by atoms with E-state index in [1.54, 1.807) is 18.2 Å². The van der Waals surface area contributed by atoms with Crippen LogP contribution in [0, 0.1) is 13.8 Å². The number of hydrogen-bond donors (Lipinski definition) is 1. The lowest BCUT2D eigenvalue weighted by molar-refractivity contribution is -0.0493. The summed E-state index contributed by atoms with van der Waals surface area (Å²) in [6, 6.07) is 6.48. The third-order valence-corrected chi connectivity index (χ3v) is 2.61. The van der Waals surface area contributed by atoms with Crippen LogP contribution in [0.15, 0.2) is 28.7 Å². The van der Waals surface area contributed by atoms with Crippen molar-refractivity contribution in [1.29, 1.82) is 0 Å². The summed E-state index contributed by atoms with van der Waals surface area (Å²) in [5.41, 5.74) is 1.28. The Morgan fingerprint density at radius 3 is 2.68 bits per heavy atom. The SMILES string of the molecule is Cc1nc(CNc2ccccc2OC(F)F)oc1C. The number of nitrogens with zero attached hydrogens (tertiary/aromatic N) is 1. The molecule has 2 aromatic rings. The number of aromatic nitrogens is 1. The van der Waals surface area contributed by atoms with Crippen molar-refractivity contribution in [2.45, 2.75) is 27.0 Å². The highest BCUT2D eigenvalue weighted by atomic mass is 19.3. The fraction of sp³-hybridized carbons (Fsp3) is 0.308. The smallest absolute Gasteiger partial charge is 0.387 e. The van der Waals surface area contributed by atoms with Crippen LogP contribution in [0.2, 0.25) is 0 Å². The number of nitrogens with one attached hydrogen (secondary N) is 1. The average Bonchev–Trinajstić information content (AvgIpc) is 2.67. The Balaban J connectivity index is 2.06. The van der Waals surface area contributed by atoms with E-state index in [1.807, 2.05) is 13.8 Å². The number of oxazole rings is 1. The van der Waals surface area contributed by atoms with E-state index in [-0.39, 0.29) is 5.75 Å². The summed E-state index contributed by atoms with van der Waals surface area (Å²) < 4.78 is 34.3. The quantitative estimate of drug-likeness (QED) is 0.901. The van der Waals surface area contributed by atoms with Crippen LogP contribution < -0.4 is 10.1 Å². The maximum Gasteiger partial charge on any atom is 0.387 e. The zero-order valence-electron chi connectivity index (χ0n) is 10.6. The van der Waals surface area contributed by atoms with Crippen LogP contribution in [0.5, 0.6) is 5.75 Å². The van der Waals surface area contributed by atoms with Crippen LogP contribution in [0.3, 0.4) is 0 Å². The van der Waals surface area contributed by atoms with Gasteiger partial charge in [0, 0.05) is 0 Å². The molecule has 0 saturated heterocycles. The predicted octanol–water partition coefficient (Wildman–Crippen LogP) is 3.50. The second-order valence-electron chi connectivity index (χ2n) is 3.98. The Morgan fingerprint density at radius 1 is 1.32 bits per heavy atom. The summed E-state index contributed by atoms with van der Waals surface area (Å²) in [5, 5.41) is 2.96. The molecule has 102 valence electrons. The number of halogens is 2. The van der Waals surface area contributed by atoms with E-state index < -0.39 is 6.61 Å². The summed E-state index contributed by atoms with van der Waals surface area (Å²) in [6.45, 7) is 1.11. The van der Waals surface area contributed by atoms with Crippen molar-refractivity contribution in [2.24, 2.45) is 0 Å². The first kappa shape index (κ1) is 13.3. The van der Waals surface area contributed by atoms with Crippen molar-refractivity contribution < 1.29 is 17.9 Å². The van der Waals surface area contributed by atoms with Gasteiger partial charge in [-0.15, -0.1) is 0 Å². The lowest BCUT2D eigenvalue weighted by atomic mass is 10.3. The summed E-state index contributed by atoms with van der Waals surface area (Å²) in [6.07, 6.45) is 0. The zero-order valence-corrected chi connectivity index (χ0v) is 10.6. The van der Waals surface area contributed by atoms with Crippen molar-refractivity contribution in [1.82, 2.24) is 4.98 Å². The second kappa shape index (κ2) is 5.69. The molecular formula is C13H14F2N2O2. The average molecular weight is 268 g/mol. The number of benzene rings is 1. The molecule has 1 aromatic carbocycles. The van der Waals surface area contributed by atoms with E-state index in [9.17, 15) is 8.78 Å². The van der Waals surface area contributed by atoms with Gasteiger partial charge < -0.3 is 14.5 Å². The van der Waals surface area contributed by atoms with E-state index in [2.05, 4.69) is 15.0 Å². The Bertz CT molecular complexity index is 536. The molecule has 0 aliphatic rings. The Kier molecular flexibility index (Phi) is 3.99. The molecule has 1 aromatic heterocycles. The van der Waals surface area contributed by atoms with Crippen LogP contribution in [0.4, 0.5) is 14.5 Å². The number of hydrogen-bond acceptors (Lipinski definition) is 4. The van der Waals surface area contributed by atoms with E-state index in [4.69, 9.17) is 4.42 Å². The maximum absolute atomic E-state index is 12.2. The number of anilines is 1. The van der Waals surface area contributed by atoms with Gasteiger partial charge in [-0.3, -0.25) is 0 Å². The summed E-state index contributed by atoms with van der Waals surface area (Å²) >= 11 is 0. The van der Waals surface area contributed by atoms with Crippen molar-refractivity contribution in [3.8, 4) is 5.75 Å². The van der Waals surface area contributed by atoms with Gasteiger partial charge in [0.1, 0.15) is 11.5 Å². The number of rotatable bonds is 5. The predicted molar refractivity (Wildman–Crippen MR) is 66.4 cm³/mol. The second-order valence-corrected chi connectivity index (χ2v) is 3.98. The first-order valence-electron chi connectivity index (χ1n) is 5.77. The molecule has 0 spiro atoms. The molecule has 1 N–H and O–H groups in total. The molecule has 0 saturated carbocycles. The third-order valence-electron chi connectivity index (χ3n) is 2.61. The normalized spacial score (nSPS) is 10.8. The van der Waals surface area contributed by atoms with Gasteiger partial charge in [-0.05, 0) is 26.0 Å². The molecular weight excluding hydrogens is 254 g/mol. The van der Waals surface area contributed by atoms with E-state index in [0.29, 0.717) is 18.1 Å². The van der Waals surface area contributed by atoms with Gasteiger partial charge in [-0.2, -0.15) is 8.78 Å². The summed E-state index contributed by atoms with van der Waals surface area (Å²) in [4.78, 5) is 4.20. The maximum atomic E-state index is 12.2. The van der Waals surface area contributed by atoms with Crippen LogP contribution in [0.25, 0.3) is 0 Å². The van der Waals surface area contributed by atoms with Crippen molar-refractivity contribution in [3.05, 3.63) is 41.6 Å². The minimum atomic E-state index is -2.85. The van der Waals surface area contributed by atoms with Crippen molar-refractivity contribution >= 4 is 5.69 Å². The standard InChI is InChI=1S/C13H14F2N2O2/c1-8-9(2)18-12(17-8)7-16-10-5-3-4-6-11(10)19-13(14)15/h3-6,13,16H,7H2,1-2H3. The molecule has 4 nitrogen and oxygen atoms in total. The molecule has 2 rings (SSSR count). The van der Waals surface area contributed by atoms with Gasteiger partial charge in [-0.1, -0.05) is 12.1 Å². The zero-order chi connectivity index (χ0) is 13.8. The fourth-order valence-corrected chi connectivity index (χ4v) is 1.60. The Labute approximate surface area is 109 Å². The first-order chi connectivity index (χ1) is 9.06. The summed E-state index contributed by atoms with van der Waals surface area (Å²) in [5.74, 6) is 1.34. The molecule has 0 radical (unpaired) electrons. The van der Waals surface area contributed by atoms with Gasteiger partial charge in [0.2, 0.25) is 5.89 Å². The topological polar surface area (TPSA) is 47.3 Å². The van der Waals surface area contributed by atoms with E-state index >= 15 is 0 Å². The highest BCUT2D eigenvalue weighted by molar-refractivity contribution is 5.56. The summed E-state index contributed by atoms with van der Waals surface area (Å²) in [7, 11) is 0. The van der Waals surface area contributed by atoms with Gasteiger partial charge in [0.05, 0.1) is 17.9 Å². The lowest BCUT2D eigenvalue weighted by Crippen LogP contribution is -2.06. The molecule has 0 atom stereocenters. The molecule has 0 fully saturated rings. The van der Waals surface area contributed by atoms with E-state index in [1.165, 1.54) is 6.07 Å². The number of aryl methyl sites for hydroxylation is 2. The lowest BCUT2D eigenvalue weighted by Gasteiger charge is -2.11. The van der Waals surface area contributed by atoms with Crippen LogP contribution in [-0.2, 0) is 6.54 Å². The third kappa shape index (κ3) is 3.43. The molecule has 0 aliphatic carbocycles. The van der Waals surface area contributed by atoms with Gasteiger partial charge in [0.25, 0.3) is 0 Å². The highest BCUT2D eigenvalue weighted by Crippen LogP contribution is 2.26. The Morgan fingerprint density at radius 2 is 2.05 bits per heavy atom. The number of para-hydroxylation sites is 2. The number of alkyl halides is 2. The highest BCUT2D eigenvalue weighted by Gasteiger charge is 2.10. The largest absolute Gasteiger partial charge is 0.444 e. The van der Waals surface area contributed by atoms with Crippen molar-refractivity contribution in [3.63, 3.8) is 0 Å². The molecule has 6 heteroatoms. The number of ether oxygens (including phenoxy) is 1. The van der Waals surface area contributed by atoms with Crippen molar-refractivity contribution in [2.75, 3.05) is 5.32 Å². The molecule has 0 amide bonds. The Hall–Kier alpha value is -2.11. The monoisotopic (exact) mass is 268 g/mol. The van der Waals surface area contributed by atoms with Gasteiger partial charge >= 0.3 is 6.61 Å². The van der Waals surface area contributed by atoms with Gasteiger partial charge in [-0.25, -0.2) is 4.98 Å². The van der Waals surface area contributed by atoms with Crippen LogP contribution >= 0.6 is 0 Å². The van der Waals surface area contributed by atoms with E-state index in [0.717, 1.165) is 11.5 Å².